The van der Waals surface area contributed by atoms with Crippen LogP contribution in [0, 0.1) is 13.8 Å². The van der Waals surface area contributed by atoms with E-state index in [2.05, 4.69) is 55.8 Å². The number of sulfone groups is 1. The first-order chi connectivity index (χ1) is 20.3. The Bertz CT molecular complexity index is 2070. The molecule has 5 heterocycles. The van der Waals surface area contributed by atoms with E-state index in [4.69, 9.17) is 0 Å². The Morgan fingerprint density at radius 2 is 1.69 bits per heavy atom. The Morgan fingerprint density at radius 1 is 0.881 bits per heavy atom. The number of hydrogen-bond acceptors (Lipinski definition) is 7. The lowest BCUT2D eigenvalue weighted by Gasteiger charge is -2.35. The molecule has 0 atom stereocenters. The fourth-order valence-corrected chi connectivity index (χ4v) is 7.18. The number of likely N-dealkylation sites (N-methyl/N-ethyl adjacent to an activating group) is 1. The number of aromatic amines is 1. The highest BCUT2D eigenvalue weighted by Crippen LogP contribution is 2.35. The average Bonchev–Trinajstić information content (AvgIpc) is 3.64. The fourth-order valence-electron chi connectivity index (χ4n) is 5.73. The van der Waals surface area contributed by atoms with Gasteiger partial charge in [-0.3, -0.25) is 0 Å². The van der Waals surface area contributed by atoms with Crippen molar-refractivity contribution in [1.82, 2.24) is 29.2 Å². The number of nitrogens with zero attached hydrogens (tertiary/aromatic N) is 6. The van der Waals surface area contributed by atoms with Gasteiger partial charge < -0.3 is 19.2 Å². The van der Waals surface area contributed by atoms with Crippen LogP contribution in [-0.4, -0.2) is 70.9 Å². The maximum absolute atomic E-state index is 14.2. The monoisotopic (exact) mass is 577 g/mol. The molecular formula is C32H31N7O2S. The van der Waals surface area contributed by atoms with E-state index in [0.717, 1.165) is 59.6 Å². The smallest absolute Gasteiger partial charge is 0.226 e. The normalized spacial score (nSPS) is 14.7. The Balaban J connectivity index is 1.29. The van der Waals surface area contributed by atoms with Crippen LogP contribution >= 0.6 is 0 Å². The molecule has 7 rings (SSSR count). The molecule has 6 aromatic rings. The Labute approximate surface area is 244 Å². The zero-order valence-electron chi connectivity index (χ0n) is 23.7. The molecule has 0 amide bonds. The van der Waals surface area contributed by atoms with Crippen LogP contribution in [0.15, 0.2) is 89.4 Å². The van der Waals surface area contributed by atoms with Gasteiger partial charge in [-0.05, 0) is 67.9 Å². The molecule has 9 nitrogen and oxygen atoms in total. The molecule has 212 valence electrons. The number of hydrogen-bond donors (Lipinski definition) is 1. The molecule has 1 aliphatic heterocycles. The first kappa shape index (κ1) is 26.4. The summed E-state index contributed by atoms with van der Waals surface area (Å²) in [5, 5.41) is -0.0859. The predicted octanol–water partition coefficient (Wildman–Crippen LogP) is 5.14. The topological polar surface area (TPSA) is 99.5 Å². The SMILES string of the molecule is Cc1ccc(-c2ccc(N3CCN(C)CC3)c(C)c2)c(S(=O)(=O)c2cnc3[nH]cc(-c4ccc5nccn5c4)c3n2)c1. The molecule has 2 aromatic carbocycles. The lowest BCUT2D eigenvalue weighted by Crippen LogP contribution is -2.44. The Morgan fingerprint density at radius 3 is 2.50 bits per heavy atom. The molecule has 0 bridgehead atoms. The summed E-state index contributed by atoms with van der Waals surface area (Å²) in [6.07, 6.45) is 8.70. The summed E-state index contributed by atoms with van der Waals surface area (Å²) < 4.78 is 30.4. The van der Waals surface area contributed by atoms with Crippen molar-refractivity contribution in [3.8, 4) is 22.3 Å². The van der Waals surface area contributed by atoms with Crippen LogP contribution in [0.4, 0.5) is 5.69 Å². The number of nitrogens with one attached hydrogen (secondary N) is 1. The van der Waals surface area contributed by atoms with Crippen LogP contribution in [0.5, 0.6) is 0 Å². The highest BCUT2D eigenvalue weighted by molar-refractivity contribution is 7.91. The van der Waals surface area contributed by atoms with Gasteiger partial charge in [0.1, 0.15) is 11.2 Å². The molecule has 1 N–H and O–H groups in total. The van der Waals surface area contributed by atoms with Crippen molar-refractivity contribution in [2.75, 3.05) is 38.1 Å². The summed E-state index contributed by atoms with van der Waals surface area (Å²) in [5.41, 5.74) is 8.16. The molecule has 1 fully saturated rings. The van der Waals surface area contributed by atoms with Gasteiger partial charge in [-0.1, -0.05) is 18.2 Å². The summed E-state index contributed by atoms with van der Waals surface area (Å²) in [5.74, 6) is 0. The van der Waals surface area contributed by atoms with E-state index in [-0.39, 0.29) is 9.92 Å². The number of H-pyrrole nitrogens is 1. The van der Waals surface area contributed by atoms with Crippen molar-refractivity contribution in [2.24, 2.45) is 0 Å². The third-order valence-electron chi connectivity index (χ3n) is 8.11. The van der Waals surface area contributed by atoms with Gasteiger partial charge in [0.2, 0.25) is 9.84 Å². The van der Waals surface area contributed by atoms with Gasteiger partial charge in [0.25, 0.3) is 0 Å². The largest absolute Gasteiger partial charge is 0.369 e. The minimum Gasteiger partial charge on any atom is -0.369 e. The third-order valence-corrected chi connectivity index (χ3v) is 9.78. The zero-order chi connectivity index (χ0) is 29.0. The summed E-state index contributed by atoms with van der Waals surface area (Å²) >= 11 is 0. The minimum absolute atomic E-state index is 0.0859. The van der Waals surface area contributed by atoms with E-state index < -0.39 is 9.84 Å². The number of fused-ring (bicyclic) bond motifs is 2. The average molecular weight is 578 g/mol. The molecule has 0 spiro atoms. The van der Waals surface area contributed by atoms with Gasteiger partial charge in [0.05, 0.1) is 11.1 Å². The lowest BCUT2D eigenvalue weighted by atomic mass is 10.0. The van der Waals surface area contributed by atoms with E-state index in [9.17, 15) is 8.42 Å². The summed E-state index contributed by atoms with van der Waals surface area (Å²) in [4.78, 5) is 21.5. The van der Waals surface area contributed by atoms with Crippen molar-refractivity contribution in [3.05, 3.63) is 90.6 Å². The van der Waals surface area contributed by atoms with Crippen LogP contribution in [0.3, 0.4) is 0 Å². The maximum atomic E-state index is 14.2. The van der Waals surface area contributed by atoms with Gasteiger partial charge in [-0.2, -0.15) is 0 Å². The van der Waals surface area contributed by atoms with Crippen molar-refractivity contribution in [2.45, 2.75) is 23.8 Å². The summed E-state index contributed by atoms with van der Waals surface area (Å²) in [7, 11) is -1.86. The number of aryl methyl sites for hydroxylation is 2. The van der Waals surface area contributed by atoms with Gasteiger partial charge in [-0.15, -0.1) is 0 Å². The van der Waals surface area contributed by atoms with Gasteiger partial charge in [0, 0.05) is 73.3 Å². The number of anilines is 1. The molecule has 0 radical (unpaired) electrons. The molecule has 1 aliphatic rings. The van der Waals surface area contributed by atoms with E-state index in [1.165, 1.54) is 11.9 Å². The van der Waals surface area contributed by atoms with Crippen LogP contribution in [0.2, 0.25) is 0 Å². The standard InChI is InChI=1S/C32H31N7O2S/c1-21-4-7-25(23-5-8-27(22(2)17-23)38-14-12-37(3)13-15-38)28(16-21)42(40,41)30-19-35-32-31(36-30)26(18-34-32)24-6-9-29-33-10-11-39(29)20-24/h4-11,16-20H,12-15H2,1-3H3,(H,34,35). The molecule has 1 saturated heterocycles. The Hall–Kier alpha value is -4.54. The number of benzene rings is 2. The highest BCUT2D eigenvalue weighted by atomic mass is 32.2. The molecule has 0 saturated carbocycles. The second-order valence-electron chi connectivity index (χ2n) is 11.0. The van der Waals surface area contributed by atoms with Crippen molar-refractivity contribution in [3.63, 3.8) is 0 Å². The summed E-state index contributed by atoms with van der Waals surface area (Å²) in [6, 6.07) is 15.6. The summed E-state index contributed by atoms with van der Waals surface area (Å²) in [6.45, 7) is 7.98. The number of pyridine rings is 1. The van der Waals surface area contributed by atoms with Crippen molar-refractivity contribution in [1.29, 1.82) is 0 Å². The Kier molecular flexibility index (Phi) is 6.32. The zero-order valence-corrected chi connectivity index (χ0v) is 24.6. The first-order valence-electron chi connectivity index (χ1n) is 14.0. The number of piperazine rings is 1. The minimum atomic E-state index is -4.00. The predicted molar refractivity (Wildman–Crippen MR) is 165 cm³/mol. The maximum Gasteiger partial charge on any atom is 0.226 e. The van der Waals surface area contributed by atoms with Crippen LogP contribution in [0.1, 0.15) is 11.1 Å². The van der Waals surface area contributed by atoms with Crippen LogP contribution in [0.25, 0.3) is 39.1 Å². The van der Waals surface area contributed by atoms with Crippen molar-refractivity contribution >= 4 is 32.3 Å². The fraction of sp³-hybridized carbons (Fsp3) is 0.219. The second-order valence-corrected chi connectivity index (χ2v) is 12.9. The quantitative estimate of drug-likeness (QED) is 0.303. The van der Waals surface area contributed by atoms with Gasteiger partial charge in [-0.25, -0.2) is 23.4 Å². The molecule has 42 heavy (non-hydrogen) atoms. The van der Waals surface area contributed by atoms with Crippen molar-refractivity contribution < 1.29 is 8.42 Å². The van der Waals surface area contributed by atoms with Gasteiger partial charge in [0.15, 0.2) is 10.7 Å². The van der Waals surface area contributed by atoms with Gasteiger partial charge >= 0.3 is 0 Å². The van der Waals surface area contributed by atoms with E-state index >= 15 is 0 Å². The lowest BCUT2D eigenvalue weighted by molar-refractivity contribution is 0.312. The van der Waals surface area contributed by atoms with Crippen LogP contribution in [-0.2, 0) is 9.84 Å². The first-order valence-corrected chi connectivity index (χ1v) is 15.4. The van der Waals surface area contributed by atoms with E-state index in [1.807, 2.05) is 60.2 Å². The molecular weight excluding hydrogens is 546 g/mol. The number of aromatic nitrogens is 5. The molecule has 10 heteroatoms. The van der Waals surface area contributed by atoms with E-state index in [0.29, 0.717) is 16.7 Å². The second kappa shape index (κ2) is 10.1. The molecule has 4 aromatic heterocycles. The van der Waals surface area contributed by atoms with Crippen LogP contribution < -0.4 is 4.90 Å². The number of imidazole rings is 1. The highest BCUT2D eigenvalue weighted by Gasteiger charge is 2.26. The number of rotatable bonds is 5. The molecule has 0 unspecified atom stereocenters. The van der Waals surface area contributed by atoms with E-state index in [1.54, 1.807) is 12.3 Å². The molecule has 0 aliphatic carbocycles. The third kappa shape index (κ3) is 4.53.